The van der Waals surface area contributed by atoms with Crippen molar-refractivity contribution in [3.8, 4) is 5.75 Å². The Morgan fingerprint density at radius 2 is 1.86 bits per heavy atom. The number of benzene rings is 2. The van der Waals surface area contributed by atoms with Gasteiger partial charge in [-0.2, -0.15) is 13.2 Å². The first-order valence-electron chi connectivity index (χ1n) is 8.73. The van der Waals surface area contributed by atoms with Crippen LogP contribution in [0, 0.1) is 0 Å². The van der Waals surface area contributed by atoms with Crippen LogP contribution in [0.2, 0.25) is 0 Å². The predicted molar refractivity (Wildman–Crippen MR) is 99.1 cm³/mol. The van der Waals surface area contributed by atoms with Crippen molar-refractivity contribution < 1.29 is 27.5 Å². The van der Waals surface area contributed by atoms with Crippen molar-refractivity contribution in [1.82, 2.24) is 5.32 Å². The van der Waals surface area contributed by atoms with Crippen LogP contribution in [-0.2, 0) is 22.4 Å². The number of hydrogen-bond acceptors (Lipinski definition) is 4. The summed E-state index contributed by atoms with van der Waals surface area (Å²) in [6.07, 6.45) is -4.45. The second kappa shape index (κ2) is 9.77. The highest BCUT2D eigenvalue weighted by Crippen LogP contribution is 2.31. The van der Waals surface area contributed by atoms with Crippen LogP contribution in [0.15, 0.2) is 53.7 Å². The van der Waals surface area contributed by atoms with Crippen LogP contribution in [0.4, 0.5) is 13.2 Å². The Morgan fingerprint density at radius 3 is 2.54 bits per heavy atom. The Morgan fingerprint density at radius 1 is 1.11 bits per heavy atom. The highest BCUT2D eigenvalue weighted by molar-refractivity contribution is 6.45. The van der Waals surface area contributed by atoms with Crippen LogP contribution in [0.5, 0.6) is 5.75 Å². The fourth-order valence-electron chi connectivity index (χ4n) is 2.39. The number of carbonyl (C=O) groups is 1. The van der Waals surface area contributed by atoms with Crippen molar-refractivity contribution in [3.05, 3.63) is 65.2 Å². The molecule has 0 aliphatic heterocycles. The first kappa shape index (κ1) is 21.3. The van der Waals surface area contributed by atoms with Gasteiger partial charge in [-0.3, -0.25) is 4.79 Å². The lowest BCUT2D eigenvalue weighted by molar-refractivity contribution is -0.137. The molecule has 0 aliphatic rings. The third kappa shape index (κ3) is 5.73. The Bertz CT molecular complexity index is 835. The fourth-order valence-corrected chi connectivity index (χ4v) is 2.39. The maximum Gasteiger partial charge on any atom is 0.416 e. The standard InChI is InChI=1S/C20H21F3N2O3/c1-3-24-19(26)18(25-28-4-2)17-11-6-5-8-14(17)13-27-16-10-7-9-15(12-16)20(21,22)23/h5-12H,3-4,13H2,1-2H3,(H,24,26)/b25-18-. The first-order valence-corrected chi connectivity index (χ1v) is 8.73. The first-order chi connectivity index (χ1) is 13.4. The van der Waals surface area contributed by atoms with E-state index in [4.69, 9.17) is 9.57 Å². The monoisotopic (exact) mass is 394 g/mol. The van der Waals surface area contributed by atoms with Crippen molar-refractivity contribution in [2.75, 3.05) is 13.2 Å². The van der Waals surface area contributed by atoms with E-state index in [0.717, 1.165) is 12.1 Å². The van der Waals surface area contributed by atoms with Crippen LogP contribution < -0.4 is 10.1 Å². The molecule has 0 radical (unpaired) electrons. The summed E-state index contributed by atoms with van der Waals surface area (Å²) < 4.78 is 44.1. The molecule has 1 amide bonds. The average molecular weight is 394 g/mol. The van der Waals surface area contributed by atoms with Gasteiger partial charge in [-0.15, -0.1) is 0 Å². The minimum atomic E-state index is -4.45. The summed E-state index contributed by atoms with van der Waals surface area (Å²) in [6, 6.07) is 11.5. The number of alkyl halides is 3. The van der Waals surface area contributed by atoms with Crippen molar-refractivity contribution in [2.45, 2.75) is 26.6 Å². The minimum Gasteiger partial charge on any atom is -0.489 e. The van der Waals surface area contributed by atoms with Crippen LogP contribution in [0.25, 0.3) is 0 Å². The molecule has 0 heterocycles. The summed E-state index contributed by atoms with van der Waals surface area (Å²) >= 11 is 0. The number of carbonyl (C=O) groups excluding carboxylic acids is 1. The maximum absolute atomic E-state index is 12.9. The molecule has 0 saturated carbocycles. The number of ether oxygens (including phenoxy) is 1. The fraction of sp³-hybridized carbons (Fsp3) is 0.300. The number of amides is 1. The van der Waals surface area contributed by atoms with Gasteiger partial charge < -0.3 is 14.9 Å². The normalized spacial score (nSPS) is 11.8. The van der Waals surface area contributed by atoms with E-state index < -0.39 is 17.6 Å². The number of halogens is 3. The molecule has 2 rings (SSSR count). The molecule has 2 aromatic rings. The van der Waals surface area contributed by atoms with Gasteiger partial charge in [0, 0.05) is 12.1 Å². The van der Waals surface area contributed by atoms with E-state index >= 15 is 0 Å². The number of nitrogens with one attached hydrogen (secondary N) is 1. The minimum absolute atomic E-state index is 0.0396. The predicted octanol–water partition coefficient (Wildman–Crippen LogP) is 4.16. The quantitative estimate of drug-likeness (QED) is 0.540. The van der Waals surface area contributed by atoms with E-state index in [1.54, 1.807) is 38.1 Å². The zero-order valence-corrected chi connectivity index (χ0v) is 15.5. The Labute approximate surface area is 161 Å². The van der Waals surface area contributed by atoms with Crippen LogP contribution >= 0.6 is 0 Å². The third-order valence-corrected chi connectivity index (χ3v) is 3.67. The van der Waals surface area contributed by atoms with Gasteiger partial charge in [-0.1, -0.05) is 35.5 Å². The van der Waals surface area contributed by atoms with Crippen molar-refractivity contribution >= 4 is 11.6 Å². The van der Waals surface area contributed by atoms with Gasteiger partial charge >= 0.3 is 6.18 Å². The molecule has 5 nitrogen and oxygen atoms in total. The van der Waals surface area contributed by atoms with Crippen molar-refractivity contribution in [2.24, 2.45) is 5.16 Å². The molecule has 0 spiro atoms. The lowest BCUT2D eigenvalue weighted by Gasteiger charge is -2.14. The number of rotatable bonds is 8. The lowest BCUT2D eigenvalue weighted by Crippen LogP contribution is -2.32. The smallest absolute Gasteiger partial charge is 0.416 e. The molecule has 0 atom stereocenters. The molecule has 0 aromatic heterocycles. The maximum atomic E-state index is 12.9. The van der Waals surface area contributed by atoms with Gasteiger partial charge in [0.25, 0.3) is 5.91 Å². The largest absolute Gasteiger partial charge is 0.489 e. The molecular formula is C20H21F3N2O3. The number of likely N-dealkylation sites (N-methyl/N-ethyl adjacent to an activating group) is 1. The average Bonchev–Trinajstić information content (AvgIpc) is 2.67. The van der Waals surface area contributed by atoms with Crippen LogP contribution in [0.1, 0.15) is 30.5 Å². The molecule has 0 saturated heterocycles. The second-order valence-electron chi connectivity index (χ2n) is 5.69. The summed E-state index contributed by atoms with van der Waals surface area (Å²) in [5.74, 6) is -0.339. The summed E-state index contributed by atoms with van der Waals surface area (Å²) in [7, 11) is 0. The van der Waals surface area contributed by atoms with Gasteiger partial charge in [-0.25, -0.2) is 0 Å². The molecule has 0 unspecified atom stereocenters. The second-order valence-corrected chi connectivity index (χ2v) is 5.69. The highest BCUT2D eigenvalue weighted by atomic mass is 19.4. The molecule has 150 valence electrons. The lowest BCUT2D eigenvalue weighted by atomic mass is 10.0. The molecule has 8 heteroatoms. The number of oxime groups is 1. The van der Waals surface area contributed by atoms with E-state index in [1.165, 1.54) is 12.1 Å². The number of nitrogens with zero attached hydrogens (tertiary/aromatic N) is 1. The van der Waals surface area contributed by atoms with Gasteiger partial charge in [0.05, 0.1) is 5.56 Å². The Hall–Kier alpha value is -3.03. The SMILES string of the molecule is CCNC(=O)/C(=N\OCC)c1ccccc1COc1cccc(C(F)(F)F)c1. The van der Waals surface area contributed by atoms with E-state index in [0.29, 0.717) is 17.7 Å². The van der Waals surface area contributed by atoms with E-state index in [1.807, 2.05) is 0 Å². The highest BCUT2D eigenvalue weighted by Gasteiger charge is 2.30. The number of hydrogen-bond donors (Lipinski definition) is 1. The Balaban J connectivity index is 2.27. The van der Waals surface area contributed by atoms with Gasteiger partial charge in [0.15, 0.2) is 5.71 Å². The van der Waals surface area contributed by atoms with E-state index in [9.17, 15) is 18.0 Å². The molecule has 0 aliphatic carbocycles. The molecule has 0 bridgehead atoms. The van der Waals surface area contributed by atoms with Gasteiger partial charge in [-0.05, 0) is 37.6 Å². The van der Waals surface area contributed by atoms with Crippen LogP contribution in [-0.4, -0.2) is 24.8 Å². The molecule has 2 aromatic carbocycles. The zero-order valence-electron chi connectivity index (χ0n) is 15.5. The zero-order chi connectivity index (χ0) is 20.6. The summed E-state index contributed by atoms with van der Waals surface area (Å²) in [5.41, 5.74) is 0.352. The summed E-state index contributed by atoms with van der Waals surface area (Å²) in [6.45, 7) is 4.17. The van der Waals surface area contributed by atoms with Crippen molar-refractivity contribution in [3.63, 3.8) is 0 Å². The summed E-state index contributed by atoms with van der Waals surface area (Å²) in [5, 5.41) is 6.56. The van der Waals surface area contributed by atoms with E-state index in [2.05, 4.69) is 10.5 Å². The molecule has 28 heavy (non-hydrogen) atoms. The van der Waals surface area contributed by atoms with Crippen molar-refractivity contribution in [1.29, 1.82) is 0 Å². The topological polar surface area (TPSA) is 59.9 Å². The Kier molecular flexibility index (Phi) is 7.43. The van der Waals surface area contributed by atoms with E-state index in [-0.39, 0.29) is 24.7 Å². The molecule has 1 N–H and O–H groups in total. The van der Waals surface area contributed by atoms with Crippen LogP contribution in [0.3, 0.4) is 0 Å². The van der Waals surface area contributed by atoms with Gasteiger partial charge in [0.1, 0.15) is 19.0 Å². The third-order valence-electron chi connectivity index (χ3n) is 3.67. The van der Waals surface area contributed by atoms with Gasteiger partial charge in [0.2, 0.25) is 0 Å². The molecule has 0 fully saturated rings. The summed E-state index contributed by atoms with van der Waals surface area (Å²) in [4.78, 5) is 17.4. The molecular weight excluding hydrogens is 373 g/mol.